The van der Waals surface area contributed by atoms with E-state index in [9.17, 15) is 0 Å². The van der Waals surface area contributed by atoms with E-state index in [1.807, 2.05) is 359 Å². The number of rotatable bonds is 16. The zero-order chi connectivity index (χ0) is 89.8. The fourth-order valence-corrected chi connectivity index (χ4v) is 13.9. The Kier molecular flexibility index (Phi) is 44.8. The Morgan fingerprint density at radius 3 is 0.806 bits per heavy atom. The Hall–Kier alpha value is -13.6. The van der Waals surface area contributed by atoms with Gasteiger partial charge in [-0.1, -0.05) is 251 Å². The van der Waals surface area contributed by atoms with Gasteiger partial charge in [0.1, 0.15) is 0 Å². The fourth-order valence-electron chi connectivity index (χ4n) is 13.9. The van der Waals surface area contributed by atoms with Gasteiger partial charge in [-0.25, -0.2) is 0 Å². The van der Waals surface area contributed by atoms with Crippen LogP contribution in [0.4, 0.5) is 0 Å². The Labute approximate surface area is 846 Å². The Morgan fingerprint density at radius 2 is 0.515 bits per heavy atom. The topological polar surface area (TPSA) is 103 Å². The van der Waals surface area contributed by atoms with Crippen molar-refractivity contribution in [2.24, 2.45) is 5.92 Å². The molecular formula is C122H100Ir4N8-8. The third kappa shape index (κ3) is 32.7. The van der Waals surface area contributed by atoms with Crippen molar-refractivity contribution in [3.05, 3.63) is 533 Å². The van der Waals surface area contributed by atoms with Crippen molar-refractivity contribution in [3.8, 4) is 135 Å². The average molecular weight is 2450 g/mol. The molecule has 12 heteroatoms. The van der Waals surface area contributed by atoms with Gasteiger partial charge in [0.15, 0.2) is 0 Å². The van der Waals surface area contributed by atoms with Gasteiger partial charge in [-0.2, -0.15) is 0 Å². The molecule has 8 nitrogen and oxygen atoms in total. The summed E-state index contributed by atoms with van der Waals surface area (Å²) in [6, 6.07) is 163. The molecule has 8 heterocycles. The van der Waals surface area contributed by atoms with Crippen LogP contribution in [0.3, 0.4) is 0 Å². The van der Waals surface area contributed by atoms with Crippen molar-refractivity contribution in [1.29, 1.82) is 0 Å². The normalized spacial score (nSPS) is 9.97. The van der Waals surface area contributed by atoms with Crippen LogP contribution in [0.15, 0.2) is 462 Å². The summed E-state index contributed by atoms with van der Waals surface area (Å²) in [4.78, 5) is 35.5. The molecule has 134 heavy (non-hydrogen) atoms. The molecule has 672 valence electrons. The molecule has 0 N–H and O–H groups in total. The van der Waals surface area contributed by atoms with E-state index in [2.05, 4.69) is 233 Å². The van der Waals surface area contributed by atoms with Gasteiger partial charge < -0.3 is 39.9 Å². The third-order valence-corrected chi connectivity index (χ3v) is 20.5. The molecule has 0 bridgehead atoms. The van der Waals surface area contributed by atoms with Gasteiger partial charge >= 0.3 is 0 Å². The second-order valence-electron chi connectivity index (χ2n) is 30.7. The van der Waals surface area contributed by atoms with E-state index in [4.69, 9.17) is 0 Å². The van der Waals surface area contributed by atoms with Crippen molar-refractivity contribution >= 4 is 0 Å². The molecule has 0 saturated heterocycles. The second-order valence-corrected chi connectivity index (χ2v) is 30.7. The van der Waals surface area contributed by atoms with Crippen LogP contribution < -0.4 is 0 Å². The van der Waals surface area contributed by atoms with Crippen LogP contribution in [0.25, 0.3) is 135 Å². The van der Waals surface area contributed by atoms with Crippen molar-refractivity contribution in [2.45, 2.75) is 60.3 Å². The standard InChI is InChI=1S/4C17H12N.C15H16N.C14H14N.C13H12N.C12H10N.4Ir/c4*1-3-7-14(8-4-1)16-11-12-17(18-13-16)15-9-5-2-6-10-15;1-12(2)10-13-8-9-16-15(11-13)14-6-4-3-5-7-14;1-11(2)13-9-6-10-15-14(13)12-7-4-3-5-8-12;1-2-11-9-6-10-14-13(11)12-7-4-3-5-8-12;1-10-6-5-9-13-12(10)11-7-3-2-4-8-11;;;;/h4*1-9,11-13H;3-6,8-9,11-12H,10H2,1-2H3;3-7,9-11H,1-2H3;3-7,9-10H,2H2,1H3;2-7,9H,1H3;;;;/q8*-1;;;;. The summed E-state index contributed by atoms with van der Waals surface area (Å²) in [6.45, 7) is 13.0. The quantitative estimate of drug-likeness (QED) is 0.0882. The SMILES string of the molecule is CC(C)Cc1ccnc(-c2[c-]cccc2)c1.CC(C)c1cccnc1-c1[c-]cccc1.CCc1cccnc1-c1[c-]cccc1.Cc1cccnc1-c1[c-]cccc1.[Ir].[Ir].[Ir].[Ir].[c-]1ccccc1-c1ccc(-c2ccccc2)cn1.[c-]1ccccc1-c1ccc(-c2ccccc2)cn1.[c-]1ccccc1-c1ccc(-c2ccccc2)cn1.[c-]1ccccc1-c1ccc(-c2ccccc2)cn1. The van der Waals surface area contributed by atoms with E-state index in [1.165, 1.54) is 44.5 Å². The number of hydrogen-bond donors (Lipinski definition) is 0. The molecule has 0 aliphatic rings. The Bertz CT molecular complexity index is 5870. The maximum absolute atomic E-state index is 4.49. The first-order chi connectivity index (χ1) is 64.1. The molecular weight excluding hydrogens is 2350 g/mol. The van der Waals surface area contributed by atoms with Crippen molar-refractivity contribution in [2.75, 3.05) is 0 Å². The minimum absolute atomic E-state index is 0. The van der Waals surface area contributed by atoms with Crippen LogP contribution >= 0.6 is 0 Å². The fraction of sp³-hybridized carbons (Fsp3) is 0.0820. The minimum atomic E-state index is 0. The van der Waals surface area contributed by atoms with Crippen LogP contribution in [0.1, 0.15) is 62.8 Å². The number of nitrogens with zero attached hydrogens (tertiary/aromatic N) is 8. The summed E-state index contributed by atoms with van der Waals surface area (Å²) in [5.41, 5.74) is 30.7. The number of hydrogen-bond acceptors (Lipinski definition) is 8. The molecule has 8 aromatic heterocycles. The van der Waals surface area contributed by atoms with Gasteiger partial charge in [0, 0.05) is 130 Å². The van der Waals surface area contributed by atoms with Crippen LogP contribution in [-0.2, 0) is 93.3 Å². The summed E-state index contributed by atoms with van der Waals surface area (Å²) in [7, 11) is 0. The molecule has 4 radical (unpaired) electrons. The number of benzene rings is 12. The molecule has 12 aromatic carbocycles. The summed E-state index contributed by atoms with van der Waals surface area (Å²) in [6.07, 6.45) is 17.1. The molecule has 0 aliphatic heterocycles. The van der Waals surface area contributed by atoms with Crippen LogP contribution in [-0.4, -0.2) is 39.9 Å². The van der Waals surface area contributed by atoms with E-state index < -0.39 is 0 Å². The maximum Gasteiger partial charge on any atom is 0.0239 e. The van der Waals surface area contributed by atoms with E-state index >= 15 is 0 Å². The largest absolute Gasteiger partial charge is 0.305 e. The van der Waals surface area contributed by atoms with Crippen LogP contribution in [0, 0.1) is 61.4 Å². The van der Waals surface area contributed by atoms with Gasteiger partial charge in [-0.05, 0) is 146 Å². The molecule has 0 amide bonds. The number of aryl methyl sites for hydroxylation is 2. The molecule has 0 fully saturated rings. The maximum atomic E-state index is 4.49. The van der Waals surface area contributed by atoms with Gasteiger partial charge in [0.05, 0.1) is 0 Å². The summed E-state index contributed by atoms with van der Waals surface area (Å²) in [5.74, 6) is 1.16. The first kappa shape index (κ1) is 104. The summed E-state index contributed by atoms with van der Waals surface area (Å²) >= 11 is 0. The number of pyridine rings is 8. The van der Waals surface area contributed by atoms with Crippen molar-refractivity contribution in [3.63, 3.8) is 0 Å². The van der Waals surface area contributed by atoms with Gasteiger partial charge in [-0.15, -0.1) is 287 Å². The first-order valence-corrected chi connectivity index (χ1v) is 43.6. The zero-order valence-electron chi connectivity index (χ0n) is 75.4. The predicted molar refractivity (Wildman–Crippen MR) is 537 cm³/mol. The number of aromatic nitrogens is 8. The zero-order valence-corrected chi connectivity index (χ0v) is 84.9. The first-order valence-electron chi connectivity index (χ1n) is 43.6. The molecule has 0 saturated carbocycles. The smallest absolute Gasteiger partial charge is 0.0239 e. The van der Waals surface area contributed by atoms with Gasteiger partial charge in [0.25, 0.3) is 0 Å². The van der Waals surface area contributed by atoms with Crippen LogP contribution in [0.5, 0.6) is 0 Å². The molecule has 20 aromatic rings. The van der Waals surface area contributed by atoms with E-state index in [0.29, 0.717) is 11.8 Å². The summed E-state index contributed by atoms with van der Waals surface area (Å²) < 4.78 is 0. The molecule has 20 rings (SSSR count). The van der Waals surface area contributed by atoms with E-state index in [0.717, 1.165) is 125 Å². The second kappa shape index (κ2) is 57.7. The molecule has 0 spiro atoms. The Morgan fingerprint density at radius 1 is 0.231 bits per heavy atom. The van der Waals surface area contributed by atoms with Gasteiger partial charge in [-0.3, -0.25) is 0 Å². The van der Waals surface area contributed by atoms with Crippen molar-refractivity contribution in [1.82, 2.24) is 39.9 Å². The Balaban J connectivity index is 0.000000172. The predicted octanol–water partition coefficient (Wildman–Crippen LogP) is 30.2. The monoisotopic (exact) mass is 2450 g/mol. The molecule has 0 atom stereocenters. The van der Waals surface area contributed by atoms with Crippen LogP contribution in [0.2, 0.25) is 0 Å². The molecule has 0 aliphatic carbocycles. The summed E-state index contributed by atoms with van der Waals surface area (Å²) in [5, 5.41) is 0. The minimum Gasteiger partial charge on any atom is -0.305 e. The van der Waals surface area contributed by atoms with E-state index in [1.54, 1.807) is 0 Å². The third-order valence-electron chi connectivity index (χ3n) is 20.5. The van der Waals surface area contributed by atoms with Crippen molar-refractivity contribution < 1.29 is 80.4 Å². The van der Waals surface area contributed by atoms with Gasteiger partial charge in [0.2, 0.25) is 0 Å². The van der Waals surface area contributed by atoms with E-state index in [-0.39, 0.29) is 80.4 Å². The average Bonchev–Trinajstić information content (AvgIpc) is 0.835. The molecule has 0 unspecified atom stereocenters.